The van der Waals surface area contributed by atoms with Crippen LogP contribution in [0.15, 0.2) is 36.4 Å². The van der Waals surface area contributed by atoms with Crippen LogP contribution >= 0.6 is 11.3 Å². The van der Waals surface area contributed by atoms with Crippen LogP contribution in [0.2, 0.25) is 0 Å². The molecule has 1 heterocycles. The number of aryl methyl sites for hydroxylation is 2. The van der Waals surface area contributed by atoms with Gasteiger partial charge in [-0.3, -0.25) is 0 Å². The first-order valence-corrected chi connectivity index (χ1v) is 7.97. The first kappa shape index (κ1) is 15.1. The van der Waals surface area contributed by atoms with Crippen LogP contribution in [0.1, 0.15) is 34.7 Å². The largest absolute Gasteiger partial charge is 0.497 e. The van der Waals surface area contributed by atoms with Crippen LogP contribution in [0.3, 0.4) is 0 Å². The van der Waals surface area contributed by atoms with Crippen molar-refractivity contribution in [1.29, 1.82) is 0 Å². The highest BCUT2D eigenvalue weighted by atomic mass is 32.1. The van der Waals surface area contributed by atoms with Gasteiger partial charge in [-0.15, -0.1) is 11.3 Å². The minimum absolute atomic E-state index is 0.459. The standard InChI is InChI=1S/C17H23NOS/c1-4-18-16(17-12-5-13(2)20-17)11-8-14-6-9-15(19-3)10-7-14/h5-7,9-10,12,16,18H,4,8,11H2,1-3H3. The molecule has 1 unspecified atom stereocenters. The summed E-state index contributed by atoms with van der Waals surface area (Å²) < 4.78 is 5.19. The molecule has 20 heavy (non-hydrogen) atoms. The van der Waals surface area contributed by atoms with E-state index in [-0.39, 0.29) is 0 Å². The Hall–Kier alpha value is -1.32. The fourth-order valence-corrected chi connectivity index (χ4v) is 3.32. The second-order valence-electron chi connectivity index (χ2n) is 4.95. The third-order valence-corrected chi connectivity index (χ3v) is 4.55. The average Bonchev–Trinajstić information content (AvgIpc) is 2.90. The third kappa shape index (κ3) is 4.09. The van der Waals surface area contributed by atoms with Gasteiger partial charge in [-0.1, -0.05) is 19.1 Å². The lowest BCUT2D eigenvalue weighted by molar-refractivity contribution is 0.414. The van der Waals surface area contributed by atoms with Crippen molar-refractivity contribution in [2.75, 3.05) is 13.7 Å². The van der Waals surface area contributed by atoms with Crippen LogP contribution in [0.5, 0.6) is 5.75 Å². The quantitative estimate of drug-likeness (QED) is 0.818. The molecule has 0 aliphatic rings. The van der Waals surface area contributed by atoms with Gasteiger partial charge in [-0.2, -0.15) is 0 Å². The molecular weight excluding hydrogens is 266 g/mol. The van der Waals surface area contributed by atoms with Gasteiger partial charge in [0.05, 0.1) is 7.11 Å². The van der Waals surface area contributed by atoms with Crippen molar-refractivity contribution in [2.24, 2.45) is 0 Å². The molecule has 108 valence electrons. The minimum atomic E-state index is 0.459. The number of benzene rings is 1. The van der Waals surface area contributed by atoms with Gasteiger partial charge in [0.25, 0.3) is 0 Å². The Balaban J connectivity index is 1.97. The van der Waals surface area contributed by atoms with Gasteiger partial charge < -0.3 is 10.1 Å². The minimum Gasteiger partial charge on any atom is -0.497 e. The molecule has 2 nitrogen and oxygen atoms in total. The smallest absolute Gasteiger partial charge is 0.118 e. The summed E-state index contributed by atoms with van der Waals surface area (Å²) in [6, 6.07) is 13.3. The Morgan fingerprint density at radius 2 is 1.90 bits per heavy atom. The average molecular weight is 289 g/mol. The Bertz CT molecular complexity index is 518. The van der Waals surface area contributed by atoms with E-state index in [1.54, 1.807) is 7.11 Å². The molecule has 0 aliphatic carbocycles. The Kier molecular flexibility index (Phi) is 5.62. The predicted octanol–water partition coefficient (Wildman–Crippen LogP) is 4.35. The normalized spacial score (nSPS) is 12.3. The van der Waals surface area contributed by atoms with E-state index in [1.807, 2.05) is 23.5 Å². The summed E-state index contributed by atoms with van der Waals surface area (Å²) in [6.07, 6.45) is 2.21. The van der Waals surface area contributed by atoms with Crippen molar-refractivity contribution in [3.05, 3.63) is 51.7 Å². The Labute approximate surface area is 125 Å². The summed E-state index contributed by atoms with van der Waals surface area (Å²) in [5, 5.41) is 3.59. The molecule has 1 aromatic carbocycles. The molecule has 0 spiro atoms. The number of ether oxygens (including phenoxy) is 1. The van der Waals surface area contributed by atoms with Gasteiger partial charge in [-0.25, -0.2) is 0 Å². The Morgan fingerprint density at radius 3 is 2.45 bits per heavy atom. The maximum absolute atomic E-state index is 5.19. The molecule has 1 aromatic heterocycles. The van der Waals surface area contributed by atoms with Crippen LogP contribution in [-0.2, 0) is 6.42 Å². The zero-order chi connectivity index (χ0) is 14.4. The second kappa shape index (κ2) is 7.46. The number of thiophene rings is 1. The fourth-order valence-electron chi connectivity index (χ4n) is 2.34. The third-order valence-electron chi connectivity index (χ3n) is 3.44. The van der Waals surface area contributed by atoms with Crippen molar-refractivity contribution >= 4 is 11.3 Å². The fraction of sp³-hybridized carbons (Fsp3) is 0.412. The topological polar surface area (TPSA) is 21.3 Å². The van der Waals surface area contributed by atoms with Crippen molar-refractivity contribution in [3.63, 3.8) is 0 Å². The van der Waals surface area contributed by atoms with Gasteiger partial charge in [0.15, 0.2) is 0 Å². The summed E-state index contributed by atoms with van der Waals surface area (Å²) in [5.41, 5.74) is 1.36. The van der Waals surface area contributed by atoms with E-state index in [1.165, 1.54) is 15.3 Å². The molecule has 2 aromatic rings. The molecule has 0 aliphatic heterocycles. The van der Waals surface area contributed by atoms with E-state index >= 15 is 0 Å². The van der Waals surface area contributed by atoms with E-state index in [0.29, 0.717) is 6.04 Å². The molecule has 0 radical (unpaired) electrons. The summed E-state index contributed by atoms with van der Waals surface area (Å²) in [5.74, 6) is 0.922. The predicted molar refractivity (Wildman–Crippen MR) is 86.8 cm³/mol. The maximum atomic E-state index is 5.19. The van der Waals surface area contributed by atoms with Crippen LogP contribution in [0.25, 0.3) is 0 Å². The molecule has 0 bridgehead atoms. The van der Waals surface area contributed by atoms with Crippen LogP contribution < -0.4 is 10.1 Å². The number of nitrogens with one attached hydrogen (secondary N) is 1. The maximum Gasteiger partial charge on any atom is 0.118 e. The highest BCUT2D eigenvalue weighted by Crippen LogP contribution is 2.26. The van der Waals surface area contributed by atoms with E-state index < -0.39 is 0 Å². The van der Waals surface area contributed by atoms with E-state index in [0.717, 1.165) is 25.1 Å². The molecule has 3 heteroatoms. The lowest BCUT2D eigenvalue weighted by atomic mass is 10.0. The van der Waals surface area contributed by atoms with Crippen LogP contribution in [0, 0.1) is 6.92 Å². The van der Waals surface area contributed by atoms with Gasteiger partial charge in [-0.05, 0) is 56.1 Å². The van der Waals surface area contributed by atoms with Gasteiger partial charge in [0, 0.05) is 15.8 Å². The van der Waals surface area contributed by atoms with Crippen LogP contribution in [-0.4, -0.2) is 13.7 Å². The molecule has 0 saturated carbocycles. The zero-order valence-corrected chi connectivity index (χ0v) is 13.3. The first-order chi connectivity index (χ1) is 9.72. The highest BCUT2D eigenvalue weighted by Gasteiger charge is 2.12. The van der Waals surface area contributed by atoms with Crippen molar-refractivity contribution in [1.82, 2.24) is 5.32 Å². The number of rotatable bonds is 7. The SMILES string of the molecule is CCNC(CCc1ccc(OC)cc1)c1ccc(C)s1. The molecular formula is C17H23NOS. The molecule has 1 atom stereocenters. The molecule has 1 N–H and O–H groups in total. The van der Waals surface area contributed by atoms with Crippen LogP contribution in [0.4, 0.5) is 0 Å². The van der Waals surface area contributed by atoms with Crippen molar-refractivity contribution in [2.45, 2.75) is 32.7 Å². The van der Waals surface area contributed by atoms with Gasteiger partial charge in [0.1, 0.15) is 5.75 Å². The summed E-state index contributed by atoms with van der Waals surface area (Å²) >= 11 is 1.89. The van der Waals surface area contributed by atoms with E-state index in [9.17, 15) is 0 Å². The van der Waals surface area contributed by atoms with Crippen molar-refractivity contribution in [3.8, 4) is 5.75 Å². The highest BCUT2D eigenvalue weighted by molar-refractivity contribution is 7.12. The number of methoxy groups -OCH3 is 1. The molecule has 0 amide bonds. The zero-order valence-electron chi connectivity index (χ0n) is 12.5. The van der Waals surface area contributed by atoms with Gasteiger partial charge in [0.2, 0.25) is 0 Å². The Morgan fingerprint density at radius 1 is 1.15 bits per heavy atom. The number of hydrogen-bond acceptors (Lipinski definition) is 3. The monoisotopic (exact) mass is 289 g/mol. The summed E-state index contributed by atoms with van der Waals surface area (Å²) in [6.45, 7) is 5.34. The van der Waals surface area contributed by atoms with Crippen molar-refractivity contribution < 1.29 is 4.74 Å². The lowest BCUT2D eigenvalue weighted by Gasteiger charge is -2.16. The summed E-state index contributed by atoms with van der Waals surface area (Å²) in [4.78, 5) is 2.82. The number of hydrogen-bond donors (Lipinski definition) is 1. The first-order valence-electron chi connectivity index (χ1n) is 7.15. The second-order valence-corrected chi connectivity index (χ2v) is 6.26. The molecule has 0 saturated heterocycles. The van der Waals surface area contributed by atoms with E-state index in [4.69, 9.17) is 4.74 Å². The summed E-state index contributed by atoms with van der Waals surface area (Å²) in [7, 11) is 1.70. The molecule has 0 fully saturated rings. The lowest BCUT2D eigenvalue weighted by Crippen LogP contribution is -2.20. The van der Waals surface area contributed by atoms with Gasteiger partial charge >= 0.3 is 0 Å². The van der Waals surface area contributed by atoms with E-state index in [2.05, 4.69) is 43.4 Å². The molecule has 2 rings (SSSR count).